The van der Waals surface area contributed by atoms with Gasteiger partial charge in [0, 0.05) is 25.2 Å². The van der Waals surface area contributed by atoms with Crippen molar-refractivity contribution < 1.29 is 13.2 Å². The maximum absolute atomic E-state index is 12.6. The normalized spacial score (nSPS) is 42.5. The summed E-state index contributed by atoms with van der Waals surface area (Å²) in [6.45, 7) is 1.70. The van der Waals surface area contributed by atoms with E-state index in [9.17, 15) is 13.2 Å². The van der Waals surface area contributed by atoms with E-state index in [1.165, 1.54) is 12.8 Å². The predicted molar refractivity (Wildman–Crippen MR) is 58.7 cm³/mol. The summed E-state index contributed by atoms with van der Waals surface area (Å²) >= 11 is 0. The topological polar surface area (TPSA) is 15.3 Å². The highest BCUT2D eigenvalue weighted by Crippen LogP contribution is 2.37. The minimum Gasteiger partial charge on any atom is -0.311 e. The number of fused-ring (bicyclic) bond motifs is 2. The van der Waals surface area contributed by atoms with Gasteiger partial charge in [0.2, 0.25) is 0 Å². The first kappa shape index (κ1) is 11.8. The molecule has 0 radical (unpaired) electrons. The molecule has 0 aromatic heterocycles. The van der Waals surface area contributed by atoms with E-state index in [1.807, 2.05) is 4.90 Å². The van der Waals surface area contributed by atoms with Crippen LogP contribution in [0.5, 0.6) is 0 Å². The Hall–Kier alpha value is -0.290. The average molecular weight is 248 g/mol. The lowest BCUT2D eigenvalue weighted by molar-refractivity contribution is -0.170. The molecule has 3 saturated heterocycles. The van der Waals surface area contributed by atoms with Gasteiger partial charge >= 0.3 is 6.18 Å². The molecule has 3 rings (SSSR count). The average Bonchev–Trinajstić information content (AvgIpc) is 2.89. The van der Waals surface area contributed by atoms with Crippen LogP contribution in [0.4, 0.5) is 13.2 Å². The molecule has 0 aromatic rings. The molecule has 1 N–H and O–H groups in total. The third-order valence-electron chi connectivity index (χ3n) is 4.66. The van der Waals surface area contributed by atoms with Gasteiger partial charge in [-0.25, -0.2) is 0 Å². The number of rotatable bonds is 2. The number of alkyl halides is 3. The van der Waals surface area contributed by atoms with Crippen LogP contribution in [0.2, 0.25) is 0 Å². The summed E-state index contributed by atoms with van der Waals surface area (Å²) in [5.74, 6) is -0.505. The lowest BCUT2D eigenvalue weighted by atomic mass is 9.89. The summed E-state index contributed by atoms with van der Waals surface area (Å²) in [7, 11) is 0. The Bertz CT molecular complexity index is 292. The van der Waals surface area contributed by atoms with Gasteiger partial charge in [0.25, 0.3) is 0 Å². The number of hydrogen-bond acceptors (Lipinski definition) is 2. The Morgan fingerprint density at radius 1 is 1.18 bits per heavy atom. The van der Waals surface area contributed by atoms with Gasteiger partial charge in [-0.15, -0.1) is 0 Å². The number of likely N-dealkylation sites (tertiary alicyclic amines) is 1. The maximum Gasteiger partial charge on any atom is 0.393 e. The largest absolute Gasteiger partial charge is 0.393 e. The van der Waals surface area contributed by atoms with Gasteiger partial charge in [-0.1, -0.05) is 0 Å². The number of nitrogens with zero attached hydrogens (tertiary/aromatic N) is 1. The van der Waals surface area contributed by atoms with Crippen LogP contribution in [0.25, 0.3) is 0 Å². The van der Waals surface area contributed by atoms with Crippen molar-refractivity contribution in [1.29, 1.82) is 0 Å². The van der Waals surface area contributed by atoms with E-state index in [4.69, 9.17) is 0 Å². The standard InChI is InChI=1S/C12H19F3N2/c13-12(14,15)9-3-4-17(7-9)6-8-5-10-1-2-11(8)16-10/h8-11,16H,1-7H2. The second kappa shape index (κ2) is 4.12. The van der Waals surface area contributed by atoms with Crippen molar-refractivity contribution >= 4 is 0 Å². The van der Waals surface area contributed by atoms with Gasteiger partial charge in [-0.05, 0) is 38.1 Å². The second-order valence-electron chi connectivity index (χ2n) is 5.83. The molecule has 0 saturated carbocycles. The summed E-state index contributed by atoms with van der Waals surface area (Å²) < 4.78 is 37.7. The quantitative estimate of drug-likeness (QED) is 0.804. The van der Waals surface area contributed by atoms with Crippen LogP contribution in [0.3, 0.4) is 0 Å². The predicted octanol–water partition coefficient (Wildman–Crippen LogP) is 2.01. The van der Waals surface area contributed by atoms with Crippen LogP contribution < -0.4 is 5.32 Å². The van der Waals surface area contributed by atoms with E-state index < -0.39 is 12.1 Å². The highest BCUT2D eigenvalue weighted by atomic mass is 19.4. The van der Waals surface area contributed by atoms with E-state index in [1.54, 1.807) is 0 Å². The zero-order valence-corrected chi connectivity index (χ0v) is 9.84. The molecule has 3 aliphatic rings. The summed E-state index contributed by atoms with van der Waals surface area (Å²) in [6.07, 6.45) is -0.0739. The third-order valence-corrected chi connectivity index (χ3v) is 4.66. The Labute approximate surface area is 99.5 Å². The molecule has 17 heavy (non-hydrogen) atoms. The van der Waals surface area contributed by atoms with Gasteiger partial charge in [-0.2, -0.15) is 13.2 Å². The van der Waals surface area contributed by atoms with Crippen LogP contribution in [-0.4, -0.2) is 42.8 Å². The Balaban J connectivity index is 1.51. The Morgan fingerprint density at radius 3 is 2.53 bits per heavy atom. The minimum atomic E-state index is -4.00. The summed E-state index contributed by atoms with van der Waals surface area (Å²) in [6, 6.07) is 1.22. The van der Waals surface area contributed by atoms with Crippen LogP contribution >= 0.6 is 0 Å². The van der Waals surface area contributed by atoms with Crippen molar-refractivity contribution in [3.05, 3.63) is 0 Å². The summed E-state index contributed by atoms with van der Waals surface area (Å²) in [4.78, 5) is 2.02. The molecule has 98 valence electrons. The fourth-order valence-electron chi connectivity index (χ4n) is 3.74. The molecule has 0 aromatic carbocycles. The first-order valence-corrected chi connectivity index (χ1v) is 6.57. The lowest BCUT2D eigenvalue weighted by Crippen LogP contribution is -2.35. The van der Waals surface area contributed by atoms with E-state index >= 15 is 0 Å². The fraction of sp³-hybridized carbons (Fsp3) is 1.00. The molecule has 2 bridgehead atoms. The van der Waals surface area contributed by atoms with Gasteiger partial charge in [0.05, 0.1) is 5.92 Å². The molecule has 0 aliphatic carbocycles. The molecule has 3 heterocycles. The first-order valence-electron chi connectivity index (χ1n) is 6.57. The summed E-state index contributed by atoms with van der Waals surface area (Å²) in [5.41, 5.74) is 0. The number of nitrogens with one attached hydrogen (secondary N) is 1. The molecule has 0 spiro atoms. The van der Waals surface area contributed by atoms with Gasteiger partial charge in [0.15, 0.2) is 0 Å². The van der Waals surface area contributed by atoms with Crippen molar-refractivity contribution in [2.45, 2.75) is 43.9 Å². The third kappa shape index (κ3) is 2.32. The van der Waals surface area contributed by atoms with Crippen LogP contribution in [-0.2, 0) is 0 Å². The molecule has 4 unspecified atom stereocenters. The number of halogens is 3. The summed E-state index contributed by atoms with van der Waals surface area (Å²) in [5, 5.41) is 3.54. The van der Waals surface area contributed by atoms with Crippen molar-refractivity contribution in [3.8, 4) is 0 Å². The molecule has 2 nitrogen and oxygen atoms in total. The van der Waals surface area contributed by atoms with Crippen LogP contribution in [0.1, 0.15) is 25.7 Å². The van der Waals surface area contributed by atoms with E-state index in [0.29, 0.717) is 24.5 Å². The van der Waals surface area contributed by atoms with Gasteiger partial charge < -0.3 is 10.2 Å². The maximum atomic E-state index is 12.6. The van der Waals surface area contributed by atoms with E-state index in [2.05, 4.69) is 5.32 Å². The highest BCUT2D eigenvalue weighted by molar-refractivity contribution is 4.98. The van der Waals surface area contributed by atoms with E-state index in [-0.39, 0.29) is 13.0 Å². The van der Waals surface area contributed by atoms with Crippen molar-refractivity contribution in [3.63, 3.8) is 0 Å². The first-order chi connectivity index (χ1) is 8.02. The fourth-order valence-corrected chi connectivity index (χ4v) is 3.74. The van der Waals surface area contributed by atoms with Crippen molar-refractivity contribution in [1.82, 2.24) is 10.2 Å². The van der Waals surface area contributed by atoms with Crippen LogP contribution in [0, 0.1) is 11.8 Å². The monoisotopic (exact) mass is 248 g/mol. The molecule has 0 amide bonds. The molecule has 3 aliphatic heterocycles. The zero-order valence-electron chi connectivity index (χ0n) is 9.84. The number of hydrogen-bond donors (Lipinski definition) is 1. The Morgan fingerprint density at radius 2 is 2.00 bits per heavy atom. The minimum absolute atomic E-state index is 0.220. The highest BCUT2D eigenvalue weighted by Gasteiger charge is 2.45. The van der Waals surface area contributed by atoms with Gasteiger partial charge in [-0.3, -0.25) is 0 Å². The molecular weight excluding hydrogens is 229 g/mol. The molecule has 4 atom stereocenters. The van der Waals surface area contributed by atoms with E-state index in [0.717, 1.165) is 13.0 Å². The molecule has 3 fully saturated rings. The van der Waals surface area contributed by atoms with Crippen LogP contribution in [0.15, 0.2) is 0 Å². The SMILES string of the molecule is FC(F)(F)C1CCN(CC2CC3CCC2N3)C1. The smallest absolute Gasteiger partial charge is 0.311 e. The van der Waals surface area contributed by atoms with Crippen molar-refractivity contribution in [2.75, 3.05) is 19.6 Å². The lowest BCUT2D eigenvalue weighted by Gasteiger charge is -2.26. The van der Waals surface area contributed by atoms with Gasteiger partial charge in [0.1, 0.15) is 0 Å². The molecule has 5 heteroatoms. The zero-order chi connectivity index (χ0) is 12.0. The molecular formula is C12H19F3N2. The Kier molecular flexibility index (Phi) is 2.86. The van der Waals surface area contributed by atoms with Crippen molar-refractivity contribution in [2.24, 2.45) is 11.8 Å². The second-order valence-corrected chi connectivity index (χ2v) is 5.83.